The first-order valence-electron chi connectivity index (χ1n) is 5.04. The summed E-state index contributed by atoms with van der Waals surface area (Å²) >= 11 is 0. The van der Waals surface area contributed by atoms with Crippen molar-refractivity contribution in [2.24, 2.45) is 0 Å². The number of ether oxygens (including phenoxy) is 1. The van der Waals surface area contributed by atoms with Crippen molar-refractivity contribution in [1.82, 2.24) is 5.32 Å². The molecule has 2 N–H and O–H groups in total. The first kappa shape index (κ1) is 15.2. The third kappa shape index (κ3) is 8.06. The van der Waals surface area contributed by atoms with Gasteiger partial charge in [-0.25, -0.2) is 14.7 Å². The van der Waals surface area contributed by atoms with Crippen LogP contribution in [0.5, 0.6) is 0 Å². The quantitative estimate of drug-likeness (QED) is 0.741. The van der Waals surface area contributed by atoms with Crippen molar-refractivity contribution in [3.63, 3.8) is 0 Å². The molecule has 17 heavy (non-hydrogen) atoms. The van der Waals surface area contributed by atoms with Gasteiger partial charge in [-0.15, -0.1) is 0 Å². The van der Waals surface area contributed by atoms with Crippen LogP contribution >= 0.6 is 0 Å². The van der Waals surface area contributed by atoms with Crippen LogP contribution in [0.3, 0.4) is 0 Å². The lowest BCUT2D eigenvalue weighted by molar-refractivity contribution is -0.146. The minimum Gasteiger partial charge on any atom is -0.481 e. The van der Waals surface area contributed by atoms with Crippen LogP contribution in [0.25, 0.3) is 0 Å². The zero-order valence-corrected chi connectivity index (χ0v) is 9.98. The molecule has 0 fully saturated rings. The molecule has 1 amide bonds. The molecule has 1 radical (unpaired) electrons. The molecule has 0 unspecified atom stereocenters. The Bertz CT molecular complexity index is 306. The van der Waals surface area contributed by atoms with Gasteiger partial charge in [0.05, 0.1) is 0 Å². The Kier molecular flexibility index (Phi) is 5.43. The van der Waals surface area contributed by atoms with Gasteiger partial charge in [0.15, 0.2) is 0 Å². The fourth-order valence-corrected chi connectivity index (χ4v) is 0.967. The van der Waals surface area contributed by atoms with Crippen molar-refractivity contribution in [2.75, 3.05) is 0 Å². The molecule has 0 aromatic heterocycles. The Balaban J connectivity index is 4.30. The number of amides is 1. The summed E-state index contributed by atoms with van der Waals surface area (Å²) < 4.78 is 4.84. The summed E-state index contributed by atoms with van der Waals surface area (Å²) in [6, 6.07) is -1.37. The van der Waals surface area contributed by atoms with Gasteiger partial charge in [-0.1, -0.05) is 0 Å². The van der Waals surface area contributed by atoms with Gasteiger partial charge < -0.3 is 15.2 Å². The van der Waals surface area contributed by atoms with Crippen LogP contribution in [0.4, 0.5) is 4.79 Å². The molecule has 0 saturated heterocycles. The number of hydrogen-bond donors (Lipinski definition) is 2. The van der Waals surface area contributed by atoms with E-state index in [9.17, 15) is 19.5 Å². The Morgan fingerprint density at radius 1 is 1.29 bits per heavy atom. The minimum absolute atomic E-state index is 0.253. The number of carbonyl (C=O) groups excluding carboxylic acids is 2. The van der Waals surface area contributed by atoms with Crippen molar-refractivity contribution >= 4 is 18.0 Å². The van der Waals surface area contributed by atoms with E-state index in [-0.39, 0.29) is 12.8 Å². The van der Waals surface area contributed by atoms with Crippen LogP contribution in [0.2, 0.25) is 0 Å². The first-order valence-corrected chi connectivity index (χ1v) is 5.04. The standard InChI is InChI=1S/C10H16NO6/c1-10(2,3)17-9(16)11-6(8(14)15)4-5-7(12)13/h6H,4-5H2,1-3H3,(H,11,16)(H,12,13)/t6-/m0/s1. The van der Waals surface area contributed by atoms with Crippen LogP contribution in [-0.4, -0.2) is 34.8 Å². The van der Waals surface area contributed by atoms with Gasteiger partial charge in [0.2, 0.25) is 0 Å². The monoisotopic (exact) mass is 246 g/mol. The van der Waals surface area contributed by atoms with Crippen LogP contribution < -0.4 is 5.32 Å². The topological polar surface area (TPSA) is 113 Å². The van der Waals surface area contributed by atoms with Crippen LogP contribution in [0, 0.1) is 0 Å². The third-order valence-electron chi connectivity index (χ3n) is 1.62. The number of rotatable bonds is 5. The van der Waals surface area contributed by atoms with Gasteiger partial charge in [-0.2, -0.15) is 0 Å². The highest BCUT2D eigenvalue weighted by molar-refractivity contribution is 5.80. The lowest BCUT2D eigenvalue weighted by atomic mass is 10.1. The van der Waals surface area contributed by atoms with E-state index in [0.29, 0.717) is 0 Å². The van der Waals surface area contributed by atoms with Crippen molar-refractivity contribution in [3.8, 4) is 0 Å². The molecule has 97 valence electrons. The van der Waals surface area contributed by atoms with Gasteiger partial charge in [0.1, 0.15) is 11.6 Å². The Labute approximate surface area is 98.8 Å². The molecule has 0 bridgehead atoms. The van der Waals surface area contributed by atoms with Crippen molar-refractivity contribution in [3.05, 3.63) is 0 Å². The van der Waals surface area contributed by atoms with Crippen LogP contribution in [0.15, 0.2) is 0 Å². The lowest BCUT2D eigenvalue weighted by Gasteiger charge is -2.21. The molecule has 0 spiro atoms. The molecule has 0 heterocycles. The summed E-state index contributed by atoms with van der Waals surface area (Å²) in [6.45, 7) is 4.87. The SMILES string of the molecule is CC(C)(C)OC(=O)N[C@@H](CCC(=O)O)C([O])=O. The molecular weight excluding hydrogens is 230 g/mol. The highest BCUT2D eigenvalue weighted by atomic mass is 16.6. The van der Waals surface area contributed by atoms with Gasteiger partial charge in [-0.3, -0.25) is 4.79 Å². The zero-order valence-electron chi connectivity index (χ0n) is 9.98. The molecule has 0 aromatic carbocycles. The lowest BCUT2D eigenvalue weighted by Crippen LogP contribution is -2.43. The molecule has 7 nitrogen and oxygen atoms in total. The summed E-state index contributed by atoms with van der Waals surface area (Å²) in [4.78, 5) is 32.2. The molecule has 1 atom stereocenters. The second-order valence-corrected chi connectivity index (χ2v) is 4.45. The number of carboxylic acid groups (broad SMARTS) is 1. The van der Waals surface area contributed by atoms with Crippen molar-refractivity contribution < 1.29 is 29.3 Å². The molecule has 0 aromatic rings. The molecule has 0 aliphatic carbocycles. The van der Waals surface area contributed by atoms with Crippen LogP contribution in [0.1, 0.15) is 33.6 Å². The summed E-state index contributed by atoms with van der Waals surface area (Å²) in [5, 5.41) is 21.1. The normalized spacial score (nSPS) is 12.6. The average molecular weight is 246 g/mol. The Morgan fingerprint density at radius 3 is 2.18 bits per heavy atom. The maximum Gasteiger partial charge on any atom is 0.408 e. The Hall–Kier alpha value is -1.79. The molecule has 7 heteroatoms. The second-order valence-electron chi connectivity index (χ2n) is 4.45. The largest absolute Gasteiger partial charge is 0.481 e. The first-order chi connectivity index (χ1) is 7.61. The summed E-state index contributed by atoms with van der Waals surface area (Å²) in [5.41, 5.74) is -0.757. The third-order valence-corrected chi connectivity index (χ3v) is 1.62. The van der Waals surface area contributed by atoms with E-state index in [2.05, 4.69) is 0 Å². The highest BCUT2D eigenvalue weighted by Crippen LogP contribution is 2.07. The van der Waals surface area contributed by atoms with E-state index in [1.807, 2.05) is 5.32 Å². The van der Waals surface area contributed by atoms with Gasteiger partial charge in [-0.05, 0) is 27.2 Å². The van der Waals surface area contributed by atoms with E-state index in [0.717, 1.165) is 0 Å². The van der Waals surface area contributed by atoms with Gasteiger partial charge in [0, 0.05) is 6.42 Å². The van der Waals surface area contributed by atoms with Gasteiger partial charge >= 0.3 is 18.0 Å². The summed E-state index contributed by atoms with van der Waals surface area (Å²) in [7, 11) is 0. The Morgan fingerprint density at radius 2 is 1.82 bits per heavy atom. The highest BCUT2D eigenvalue weighted by Gasteiger charge is 2.25. The maximum atomic E-state index is 11.2. The number of hydrogen-bond acceptors (Lipinski definition) is 4. The number of carbonyl (C=O) groups is 3. The minimum atomic E-state index is -1.54. The van der Waals surface area contributed by atoms with E-state index in [1.54, 1.807) is 20.8 Å². The predicted molar refractivity (Wildman–Crippen MR) is 55.7 cm³/mol. The zero-order chi connectivity index (χ0) is 13.6. The maximum absolute atomic E-state index is 11.2. The smallest absolute Gasteiger partial charge is 0.408 e. The van der Waals surface area contributed by atoms with Crippen molar-refractivity contribution in [1.29, 1.82) is 0 Å². The van der Waals surface area contributed by atoms with Crippen LogP contribution in [-0.2, 0) is 19.4 Å². The number of aliphatic carboxylic acids is 1. The van der Waals surface area contributed by atoms with Crippen molar-refractivity contribution in [2.45, 2.75) is 45.3 Å². The van der Waals surface area contributed by atoms with E-state index in [1.165, 1.54) is 0 Å². The number of carboxylic acids is 1. The fraction of sp³-hybridized carbons (Fsp3) is 0.700. The van der Waals surface area contributed by atoms with E-state index in [4.69, 9.17) is 9.84 Å². The summed E-state index contributed by atoms with van der Waals surface area (Å²) in [5.74, 6) is -2.70. The predicted octanol–water partition coefficient (Wildman–Crippen LogP) is 0.702. The number of nitrogens with one attached hydrogen (secondary N) is 1. The summed E-state index contributed by atoms with van der Waals surface area (Å²) in [6.07, 6.45) is -1.55. The average Bonchev–Trinajstić information content (AvgIpc) is 2.08. The molecule has 0 aliphatic heterocycles. The fourth-order valence-electron chi connectivity index (χ4n) is 0.967. The second kappa shape index (κ2) is 6.07. The molecule has 0 aliphatic rings. The van der Waals surface area contributed by atoms with E-state index >= 15 is 0 Å². The number of alkyl carbamates (subject to hydrolysis) is 1. The van der Waals surface area contributed by atoms with E-state index < -0.39 is 29.7 Å². The molecular formula is C10H16NO6. The molecule has 0 saturated carbocycles. The molecule has 0 rings (SSSR count). The van der Waals surface area contributed by atoms with Gasteiger partial charge in [0.25, 0.3) is 0 Å².